The van der Waals surface area contributed by atoms with Crippen molar-refractivity contribution in [3.05, 3.63) is 62.6 Å². The van der Waals surface area contributed by atoms with Crippen molar-refractivity contribution < 1.29 is 4.74 Å². The van der Waals surface area contributed by atoms with Gasteiger partial charge in [0.1, 0.15) is 0 Å². The van der Waals surface area contributed by atoms with Crippen LogP contribution in [-0.4, -0.2) is 33.0 Å². The number of hydrogen-bond donors (Lipinski definition) is 1. The first kappa shape index (κ1) is 16.2. The lowest BCUT2D eigenvalue weighted by atomic mass is 10.2. The average Bonchev–Trinajstić information content (AvgIpc) is 2.89. The molecule has 0 aliphatic rings. The van der Waals surface area contributed by atoms with Gasteiger partial charge in [0.15, 0.2) is 0 Å². The van der Waals surface area contributed by atoms with Gasteiger partial charge in [-0.1, -0.05) is 6.07 Å². The topological polar surface area (TPSA) is 81.9 Å². The summed E-state index contributed by atoms with van der Waals surface area (Å²) in [5.74, 6) is 0. The number of pyridine rings is 2. The molecule has 7 nitrogen and oxygen atoms in total. The van der Waals surface area contributed by atoms with Crippen LogP contribution in [0, 0.1) is 6.92 Å². The van der Waals surface area contributed by atoms with E-state index in [4.69, 9.17) is 4.74 Å². The fraction of sp³-hybridized carbons (Fsp3) is 0.353. The van der Waals surface area contributed by atoms with E-state index in [1.807, 2.05) is 18.2 Å². The van der Waals surface area contributed by atoms with Crippen molar-refractivity contribution in [2.75, 3.05) is 13.7 Å². The Hall–Kier alpha value is -2.67. The number of H-pyrrole nitrogens is 1. The van der Waals surface area contributed by atoms with Crippen molar-refractivity contribution >= 4 is 10.9 Å². The number of aromatic nitrogens is 4. The van der Waals surface area contributed by atoms with Gasteiger partial charge >= 0.3 is 0 Å². The zero-order chi connectivity index (χ0) is 17.1. The van der Waals surface area contributed by atoms with Gasteiger partial charge < -0.3 is 9.30 Å². The second-order valence-corrected chi connectivity index (χ2v) is 5.64. The summed E-state index contributed by atoms with van der Waals surface area (Å²) in [7, 11) is 1.58. The van der Waals surface area contributed by atoms with Crippen LogP contribution in [0.4, 0.5) is 0 Å². The molecular weight excluding hydrogens is 308 g/mol. The Bertz CT molecular complexity index is 954. The molecule has 0 saturated carbocycles. The Morgan fingerprint density at radius 3 is 2.79 bits per heavy atom. The highest BCUT2D eigenvalue weighted by molar-refractivity contribution is 5.79. The highest BCUT2D eigenvalue weighted by Gasteiger charge is 2.14. The Balaban J connectivity index is 1.98. The molecule has 0 aliphatic carbocycles. The summed E-state index contributed by atoms with van der Waals surface area (Å²) in [6, 6.07) is 7.18. The van der Waals surface area contributed by atoms with E-state index in [9.17, 15) is 9.59 Å². The quantitative estimate of drug-likeness (QED) is 0.734. The summed E-state index contributed by atoms with van der Waals surface area (Å²) in [5.41, 5.74) is 1.89. The summed E-state index contributed by atoms with van der Waals surface area (Å²) in [5, 5.41) is 3.53. The molecule has 0 aliphatic heterocycles. The molecule has 0 unspecified atom stereocenters. The lowest BCUT2D eigenvalue weighted by molar-refractivity contribution is 0.183. The second kappa shape index (κ2) is 6.84. The third kappa shape index (κ3) is 3.03. The summed E-state index contributed by atoms with van der Waals surface area (Å²) < 4.78 is 8.12. The van der Waals surface area contributed by atoms with Crippen LogP contribution in [0.1, 0.15) is 11.4 Å². The first-order valence-corrected chi connectivity index (χ1v) is 7.83. The smallest absolute Gasteiger partial charge is 0.276 e. The number of methoxy groups -OCH3 is 1. The van der Waals surface area contributed by atoms with E-state index in [0.717, 1.165) is 5.69 Å². The summed E-state index contributed by atoms with van der Waals surface area (Å²) in [6.07, 6.45) is 2.37. The van der Waals surface area contributed by atoms with Crippen LogP contribution in [0.5, 0.6) is 0 Å². The van der Waals surface area contributed by atoms with Gasteiger partial charge in [-0.3, -0.25) is 19.7 Å². The van der Waals surface area contributed by atoms with E-state index in [1.54, 1.807) is 24.8 Å². The van der Waals surface area contributed by atoms with Crippen LogP contribution < -0.4 is 11.1 Å². The lowest BCUT2D eigenvalue weighted by Crippen LogP contribution is -2.24. The second-order valence-electron chi connectivity index (χ2n) is 5.64. The number of nitrogens with one attached hydrogen (secondary N) is 1. The van der Waals surface area contributed by atoms with Crippen LogP contribution in [0.2, 0.25) is 0 Å². The molecule has 7 heteroatoms. The number of rotatable bonds is 6. The molecular formula is C17H20N4O3. The van der Waals surface area contributed by atoms with Gasteiger partial charge in [-0.2, -0.15) is 0 Å². The zero-order valence-electron chi connectivity index (χ0n) is 13.8. The van der Waals surface area contributed by atoms with Crippen molar-refractivity contribution in [3.8, 4) is 0 Å². The largest absolute Gasteiger partial charge is 0.383 e. The average molecular weight is 328 g/mol. The van der Waals surface area contributed by atoms with Gasteiger partial charge in [-0.15, -0.1) is 0 Å². The molecule has 3 aromatic rings. The normalized spacial score (nSPS) is 11.2. The Labute approximate surface area is 138 Å². The summed E-state index contributed by atoms with van der Waals surface area (Å²) >= 11 is 0. The molecule has 0 fully saturated rings. The summed E-state index contributed by atoms with van der Waals surface area (Å²) in [6.45, 7) is 3.14. The van der Waals surface area contributed by atoms with Crippen LogP contribution in [0.3, 0.4) is 0 Å². The van der Waals surface area contributed by atoms with E-state index in [1.165, 1.54) is 10.7 Å². The molecule has 0 radical (unpaired) electrons. The van der Waals surface area contributed by atoms with E-state index < -0.39 is 0 Å². The third-order valence-electron chi connectivity index (χ3n) is 4.12. The van der Waals surface area contributed by atoms with Gasteiger partial charge in [0.05, 0.1) is 24.1 Å². The van der Waals surface area contributed by atoms with Crippen LogP contribution in [0.25, 0.3) is 10.9 Å². The standard InChI is InChI=1S/C17H20N4O3/c1-12-16-14(19-21(17(16)23)9-10-24-2)11-15(22)20(12)8-6-13-5-3-4-7-18-13/h3-5,7,11,19H,6,8-10H2,1-2H3. The van der Waals surface area contributed by atoms with Gasteiger partial charge in [-0.05, 0) is 19.1 Å². The summed E-state index contributed by atoms with van der Waals surface area (Å²) in [4.78, 5) is 29.2. The van der Waals surface area contributed by atoms with Crippen molar-refractivity contribution in [2.45, 2.75) is 26.4 Å². The van der Waals surface area contributed by atoms with Crippen LogP contribution in [0.15, 0.2) is 40.1 Å². The van der Waals surface area contributed by atoms with Crippen molar-refractivity contribution in [1.82, 2.24) is 19.3 Å². The fourth-order valence-electron chi connectivity index (χ4n) is 2.85. The van der Waals surface area contributed by atoms with E-state index in [-0.39, 0.29) is 11.1 Å². The molecule has 0 aromatic carbocycles. The molecule has 0 spiro atoms. The minimum atomic E-state index is -0.133. The van der Waals surface area contributed by atoms with Crippen molar-refractivity contribution in [3.63, 3.8) is 0 Å². The maximum atomic E-state index is 12.5. The first-order chi connectivity index (χ1) is 11.6. The molecule has 126 valence electrons. The Morgan fingerprint density at radius 2 is 2.08 bits per heavy atom. The predicted octanol–water partition coefficient (Wildman–Crippen LogP) is 1.08. The molecule has 0 bridgehead atoms. The third-order valence-corrected chi connectivity index (χ3v) is 4.12. The number of nitrogens with zero attached hydrogens (tertiary/aromatic N) is 3. The van der Waals surface area contributed by atoms with Gasteiger partial charge in [0.25, 0.3) is 11.1 Å². The molecule has 3 heterocycles. The number of fused-ring (bicyclic) bond motifs is 1. The molecule has 0 amide bonds. The van der Waals surface area contributed by atoms with Crippen molar-refractivity contribution in [2.24, 2.45) is 0 Å². The maximum Gasteiger partial charge on any atom is 0.276 e. The molecule has 0 atom stereocenters. The van der Waals surface area contributed by atoms with Crippen LogP contribution >= 0.6 is 0 Å². The minimum absolute atomic E-state index is 0.129. The number of aryl methyl sites for hydroxylation is 2. The number of aromatic amines is 1. The van der Waals surface area contributed by atoms with E-state index >= 15 is 0 Å². The molecule has 3 aromatic heterocycles. The number of ether oxygens (including phenoxy) is 1. The lowest BCUT2D eigenvalue weighted by Gasteiger charge is -2.09. The highest BCUT2D eigenvalue weighted by atomic mass is 16.5. The van der Waals surface area contributed by atoms with Gasteiger partial charge in [-0.25, -0.2) is 4.68 Å². The minimum Gasteiger partial charge on any atom is -0.383 e. The fourth-order valence-corrected chi connectivity index (χ4v) is 2.85. The van der Waals surface area contributed by atoms with Crippen molar-refractivity contribution in [1.29, 1.82) is 0 Å². The molecule has 3 rings (SSSR count). The van der Waals surface area contributed by atoms with Gasteiger partial charge in [0, 0.05) is 43.7 Å². The predicted molar refractivity (Wildman–Crippen MR) is 91.4 cm³/mol. The SMILES string of the molecule is COCCn1[nH]c2cc(=O)n(CCc3ccccn3)c(C)c2c1=O. The van der Waals surface area contributed by atoms with Crippen LogP contribution in [-0.2, 0) is 24.2 Å². The maximum absolute atomic E-state index is 12.5. The number of hydrogen-bond acceptors (Lipinski definition) is 4. The Morgan fingerprint density at radius 1 is 1.25 bits per heavy atom. The van der Waals surface area contributed by atoms with E-state index in [2.05, 4.69) is 10.1 Å². The molecule has 24 heavy (non-hydrogen) atoms. The first-order valence-electron chi connectivity index (χ1n) is 7.83. The zero-order valence-corrected chi connectivity index (χ0v) is 13.8. The molecule has 0 saturated heterocycles. The molecule has 1 N–H and O–H groups in total. The highest BCUT2D eigenvalue weighted by Crippen LogP contribution is 2.11. The van der Waals surface area contributed by atoms with Gasteiger partial charge in [0.2, 0.25) is 0 Å². The van der Waals surface area contributed by atoms with E-state index in [0.29, 0.717) is 42.7 Å². The Kier molecular flexibility index (Phi) is 4.61. The monoisotopic (exact) mass is 328 g/mol.